The van der Waals surface area contributed by atoms with Crippen LogP contribution in [0.25, 0.3) is 0 Å². The highest BCUT2D eigenvalue weighted by Gasteiger charge is 2.05. The first-order valence-corrected chi connectivity index (χ1v) is 5.88. The van der Waals surface area contributed by atoms with Crippen LogP contribution in [0.2, 0.25) is 10.0 Å². The summed E-state index contributed by atoms with van der Waals surface area (Å²) in [5.41, 5.74) is 0. The third-order valence-corrected chi connectivity index (χ3v) is 2.48. The molecule has 7 heteroatoms. The Morgan fingerprint density at radius 3 is 2.67 bits per heavy atom. The largest absolute Gasteiger partial charge is 0.482 e. The highest BCUT2D eigenvalue weighted by molar-refractivity contribution is 6.35. The summed E-state index contributed by atoms with van der Waals surface area (Å²) in [5, 5.41) is 6.53. The van der Waals surface area contributed by atoms with Crippen LogP contribution in [0.1, 0.15) is 0 Å². The Kier molecular flexibility index (Phi) is 8.93. The van der Waals surface area contributed by atoms with Gasteiger partial charge in [-0.1, -0.05) is 23.2 Å². The second-order valence-corrected chi connectivity index (χ2v) is 4.16. The van der Waals surface area contributed by atoms with Gasteiger partial charge in [0, 0.05) is 18.1 Å². The van der Waals surface area contributed by atoms with E-state index < -0.39 is 0 Å². The number of carbonyl (C=O) groups is 1. The summed E-state index contributed by atoms with van der Waals surface area (Å²) in [7, 11) is 1.82. The van der Waals surface area contributed by atoms with Crippen molar-refractivity contribution in [3.8, 4) is 5.75 Å². The van der Waals surface area contributed by atoms with Crippen LogP contribution in [0.5, 0.6) is 5.75 Å². The summed E-state index contributed by atoms with van der Waals surface area (Å²) in [4.78, 5) is 11.3. The third kappa shape index (κ3) is 6.31. The molecule has 0 spiro atoms. The molecule has 1 amide bonds. The van der Waals surface area contributed by atoms with Crippen LogP contribution in [-0.2, 0) is 4.79 Å². The molecule has 102 valence electrons. The van der Waals surface area contributed by atoms with E-state index in [1.165, 1.54) is 0 Å². The number of rotatable bonds is 6. The molecule has 18 heavy (non-hydrogen) atoms. The number of ether oxygens (including phenoxy) is 1. The maximum Gasteiger partial charge on any atom is 0.257 e. The molecule has 0 atom stereocenters. The average Bonchev–Trinajstić information content (AvgIpc) is 2.28. The Labute approximate surface area is 122 Å². The fourth-order valence-electron chi connectivity index (χ4n) is 1.11. The molecule has 1 aromatic carbocycles. The second-order valence-electron chi connectivity index (χ2n) is 3.32. The summed E-state index contributed by atoms with van der Waals surface area (Å²) in [6.07, 6.45) is 0. The van der Waals surface area contributed by atoms with Crippen molar-refractivity contribution in [2.75, 3.05) is 26.7 Å². The Morgan fingerprint density at radius 2 is 2.06 bits per heavy atom. The SMILES string of the molecule is CNCCNC(=O)COc1ccc(Cl)cc1Cl.Cl. The zero-order valence-corrected chi connectivity index (χ0v) is 12.2. The average molecular weight is 314 g/mol. The molecular formula is C11H15Cl3N2O2. The van der Waals surface area contributed by atoms with Gasteiger partial charge >= 0.3 is 0 Å². The lowest BCUT2D eigenvalue weighted by molar-refractivity contribution is -0.123. The number of hydrogen-bond acceptors (Lipinski definition) is 3. The van der Waals surface area contributed by atoms with Crippen LogP contribution >= 0.6 is 35.6 Å². The first-order valence-electron chi connectivity index (χ1n) is 5.12. The van der Waals surface area contributed by atoms with E-state index in [0.29, 0.717) is 28.9 Å². The maximum absolute atomic E-state index is 11.3. The number of nitrogens with one attached hydrogen (secondary N) is 2. The van der Waals surface area contributed by atoms with E-state index in [1.807, 2.05) is 7.05 Å². The predicted octanol–water partition coefficient (Wildman–Crippen LogP) is 2.13. The van der Waals surface area contributed by atoms with E-state index >= 15 is 0 Å². The molecule has 0 aromatic heterocycles. The molecule has 0 unspecified atom stereocenters. The van der Waals surface area contributed by atoms with Crippen LogP contribution in [0.3, 0.4) is 0 Å². The highest BCUT2D eigenvalue weighted by atomic mass is 35.5. The van der Waals surface area contributed by atoms with Crippen LogP contribution < -0.4 is 15.4 Å². The summed E-state index contributed by atoms with van der Waals surface area (Å²) in [5.74, 6) is 0.256. The van der Waals surface area contributed by atoms with Crippen molar-refractivity contribution in [1.29, 1.82) is 0 Å². The van der Waals surface area contributed by atoms with E-state index in [0.717, 1.165) is 0 Å². The molecule has 0 bridgehead atoms. The van der Waals surface area contributed by atoms with Gasteiger partial charge in [-0.2, -0.15) is 0 Å². The van der Waals surface area contributed by atoms with Gasteiger partial charge in [0.25, 0.3) is 5.91 Å². The molecule has 4 nitrogen and oxygen atoms in total. The van der Waals surface area contributed by atoms with Crippen molar-refractivity contribution in [3.05, 3.63) is 28.2 Å². The van der Waals surface area contributed by atoms with Gasteiger partial charge in [-0.15, -0.1) is 12.4 Å². The number of amides is 1. The van der Waals surface area contributed by atoms with E-state index in [2.05, 4.69) is 10.6 Å². The van der Waals surface area contributed by atoms with Crippen molar-refractivity contribution in [2.45, 2.75) is 0 Å². The number of benzene rings is 1. The summed E-state index contributed by atoms with van der Waals surface area (Å²) < 4.78 is 5.26. The molecule has 0 fully saturated rings. The van der Waals surface area contributed by atoms with Crippen LogP contribution in [0, 0.1) is 0 Å². The van der Waals surface area contributed by atoms with Crippen molar-refractivity contribution in [3.63, 3.8) is 0 Å². The number of likely N-dealkylation sites (N-methyl/N-ethyl adjacent to an activating group) is 1. The van der Waals surface area contributed by atoms with E-state index in [1.54, 1.807) is 18.2 Å². The van der Waals surface area contributed by atoms with E-state index in [4.69, 9.17) is 27.9 Å². The van der Waals surface area contributed by atoms with Gasteiger partial charge in [0.15, 0.2) is 6.61 Å². The van der Waals surface area contributed by atoms with Gasteiger partial charge in [0.05, 0.1) is 5.02 Å². The van der Waals surface area contributed by atoms with Gasteiger partial charge in [-0.05, 0) is 25.2 Å². The van der Waals surface area contributed by atoms with Gasteiger partial charge in [0.2, 0.25) is 0 Å². The summed E-state index contributed by atoms with van der Waals surface area (Å²) in [6.45, 7) is 1.21. The predicted molar refractivity (Wildman–Crippen MR) is 76.1 cm³/mol. The second kappa shape index (κ2) is 9.28. The molecular weight excluding hydrogens is 298 g/mol. The number of carbonyl (C=O) groups excluding carboxylic acids is 1. The molecule has 0 aliphatic carbocycles. The molecule has 0 saturated heterocycles. The van der Waals surface area contributed by atoms with Crippen LogP contribution in [0.15, 0.2) is 18.2 Å². The zero-order chi connectivity index (χ0) is 12.7. The molecule has 1 aromatic rings. The fraction of sp³-hybridized carbons (Fsp3) is 0.364. The van der Waals surface area contributed by atoms with Gasteiger partial charge in [-0.25, -0.2) is 0 Å². The van der Waals surface area contributed by atoms with Gasteiger partial charge in [0.1, 0.15) is 5.75 Å². The summed E-state index contributed by atoms with van der Waals surface area (Å²) >= 11 is 11.6. The molecule has 0 aliphatic heterocycles. The Balaban J connectivity index is 0.00000289. The lowest BCUT2D eigenvalue weighted by atomic mass is 10.3. The first-order chi connectivity index (χ1) is 8.13. The van der Waals surface area contributed by atoms with Crippen molar-refractivity contribution in [2.24, 2.45) is 0 Å². The van der Waals surface area contributed by atoms with Crippen molar-refractivity contribution >= 4 is 41.5 Å². The molecule has 2 N–H and O–H groups in total. The Morgan fingerprint density at radius 1 is 1.33 bits per heavy atom. The minimum Gasteiger partial charge on any atom is -0.482 e. The fourth-order valence-corrected chi connectivity index (χ4v) is 1.58. The van der Waals surface area contributed by atoms with Crippen molar-refractivity contribution in [1.82, 2.24) is 10.6 Å². The topological polar surface area (TPSA) is 50.4 Å². The molecule has 0 radical (unpaired) electrons. The van der Waals surface area contributed by atoms with E-state index in [9.17, 15) is 4.79 Å². The summed E-state index contributed by atoms with van der Waals surface area (Å²) in [6, 6.07) is 4.85. The van der Waals surface area contributed by atoms with Gasteiger partial charge < -0.3 is 15.4 Å². The van der Waals surface area contributed by atoms with Crippen LogP contribution in [0.4, 0.5) is 0 Å². The first kappa shape index (κ1) is 17.3. The lowest BCUT2D eigenvalue weighted by Gasteiger charge is -2.08. The van der Waals surface area contributed by atoms with E-state index in [-0.39, 0.29) is 24.9 Å². The third-order valence-electron chi connectivity index (χ3n) is 1.95. The maximum atomic E-state index is 11.3. The Bertz CT molecular complexity index is 389. The Hall–Kier alpha value is -0.680. The standard InChI is InChI=1S/C11H14Cl2N2O2.ClH/c1-14-4-5-15-11(16)7-17-10-3-2-8(12)6-9(10)13;/h2-3,6,14H,4-5,7H2,1H3,(H,15,16);1H. The highest BCUT2D eigenvalue weighted by Crippen LogP contribution is 2.27. The zero-order valence-electron chi connectivity index (χ0n) is 9.83. The molecule has 0 aliphatic rings. The van der Waals surface area contributed by atoms with Gasteiger partial charge in [-0.3, -0.25) is 4.79 Å². The van der Waals surface area contributed by atoms with Crippen LogP contribution in [-0.4, -0.2) is 32.7 Å². The number of hydrogen-bond donors (Lipinski definition) is 2. The normalized spacial score (nSPS) is 9.50. The molecule has 0 saturated carbocycles. The lowest BCUT2D eigenvalue weighted by Crippen LogP contribution is -2.33. The monoisotopic (exact) mass is 312 g/mol. The van der Waals surface area contributed by atoms with Crippen molar-refractivity contribution < 1.29 is 9.53 Å². The number of halogens is 3. The quantitative estimate of drug-likeness (QED) is 0.791. The smallest absolute Gasteiger partial charge is 0.257 e. The minimum atomic E-state index is -0.189. The molecule has 1 rings (SSSR count). The minimum absolute atomic E-state index is 0. The molecule has 0 heterocycles.